The maximum Gasteiger partial charge on any atom is 0.335 e. The van der Waals surface area contributed by atoms with Crippen molar-refractivity contribution in [3.05, 3.63) is 65.0 Å². The molecule has 0 spiro atoms. The number of fused-ring (bicyclic) bond motifs is 1. The number of anilines is 2. The molecule has 0 aliphatic carbocycles. The van der Waals surface area contributed by atoms with E-state index in [1.807, 2.05) is 18.2 Å². The summed E-state index contributed by atoms with van der Waals surface area (Å²) in [6.07, 6.45) is 2.45. The van der Waals surface area contributed by atoms with Gasteiger partial charge in [-0.3, -0.25) is 14.9 Å². The highest BCUT2D eigenvalue weighted by molar-refractivity contribution is 6.39. The van der Waals surface area contributed by atoms with Crippen LogP contribution >= 0.6 is 0 Å². The lowest BCUT2D eigenvalue weighted by atomic mass is 9.80. The van der Waals surface area contributed by atoms with E-state index < -0.39 is 23.7 Å². The van der Waals surface area contributed by atoms with Gasteiger partial charge in [-0.15, -0.1) is 0 Å². The zero-order valence-electron chi connectivity index (χ0n) is 17.9. The fraction of sp³-hybridized carbons (Fsp3) is 0.292. The van der Waals surface area contributed by atoms with E-state index in [0.717, 1.165) is 28.6 Å². The van der Waals surface area contributed by atoms with Crippen LogP contribution in [0.2, 0.25) is 0 Å². The highest BCUT2D eigenvalue weighted by Crippen LogP contribution is 2.42. The minimum absolute atomic E-state index is 0.0252. The number of carbonyl (C=O) groups is 3. The second kappa shape index (κ2) is 7.34. The number of imide groups is 2. The lowest BCUT2D eigenvalue weighted by Crippen LogP contribution is -2.54. The van der Waals surface area contributed by atoms with Gasteiger partial charge in [0.25, 0.3) is 11.8 Å². The fourth-order valence-corrected chi connectivity index (χ4v) is 4.36. The van der Waals surface area contributed by atoms with Gasteiger partial charge in [0.2, 0.25) is 0 Å². The number of halogens is 1. The smallest absolute Gasteiger partial charge is 0.335 e. The molecular formula is C24H24FN3O3. The van der Waals surface area contributed by atoms with E-state index in [4.69, 9.17) is 0 Å². The molecule has 7 heteroatoms. The molecular weight excluding hydrogens is 397 g/mol. The minimum Gasteiger partial charge on any atom is -0.369 e. The van der Waals surface area contributed by atoms with E-state index in [1.165, 1.54) is 24.3 Å². The van der Waals surface area contributed by atoms with Crippen molar-refractivity contribution in [2.24, 2.45) is 0 Å². The summed E-state index contributed by atoms with van der Waals surface area (Å²) in [6, 6.07) is 10.0. The van der Waals surface area contributed by atoms with Crippen LogP contribution in [0.3, 0.4) is 0 Å². The average Bonchev–Trinajstić information content (AvgIpc) is 2.69. The Hall–Kier alpha value is -3.48. The number of rotatable bonds is 2. The van der Waals surface area contributed by atoms with Gasteiger partial charge in [-0.2, -0.15) is 0 Å². The first-order valence-electron chi connectivity index (χ1n) is 10.1. The predicted octanol–water partition coefficient (Wildman–Crippen LogP) is 4.21. The molecule has 1 atom stereocenters. The third kappa shape index (κ3) is 3.60. The van der Waals surface area contributed by atoms with Crippen LogP contribution in [-0.2, 0) is 9.59 Å². The number of hydrogen-bond donors (Lipinski definition) is 1. The molecule has 6 nitrogen and oxygen atoms in total. The summed E-state index contributed by atoms with van der Waals surface area (Å²) in [5.74, 6) is -1.84. The van der Waals surface area contributed by atoms with Crippen molar-refractivity contribution in [2.45, 2.75) is 38.6 Å². The monoisotopic (exact) mass is 421 g/mol. The van der Waals surface area contributed by atoms with Crippen LogP contribution in [0, 0.1) is 5.82 Å². The van der Waals surface area contributed by atoms with Crippen molar-refractivity contribution in [1.29, 1.82) is 0 Å². The van der Waals surface area contributed by atoms with Gasteiger partial charge in [0.1, 0.15) is 11.4 Å². The Labute approximate surface area is 180 Å². The van der Waals surface area contributed by atoms with Crippen molar-refractivity contribution in [3.8, 4) is 0 Å². The predicted molar refractivity (Wildman–Crippen MR) is 117 cm³/mol. The van der Waals surface area contributed by atoms with Crippen molar-refractivity contribution < 1.29 is 18.8 Å². The summed E-state index contributed by atoms with van der Waals surface area (Å²) in [4.78, 5) is 40.7. The molecule has 4 rings (SSSR count). The number of barbiturate groups is 1. The molecule has 2 aliphatic heterocycles. The summed E-state index contributed by atoms with van der Waals surface area (Å²) < 4.78 is 13.6. The second-order valence-electron chi connectivity index (χ2n) is 8.73. The van der Waals surface area contributed by atoms with Gasteiger partial charge in [-0.1, -0.05) is 19.1 Å². The Bertz CT molecular complexity index is 1140. The molecule has 1 fully saturated rings. The maximum absolute atomic E-state index is 13.6. The zero-order valence-corrected chi connectivity index (χ0v) is 17.9. The molecule has 0 saturated carbocycles. The van der Waals surface area contributed by atoms with E-state index in [0.29, 0.717) is 11.5 Å². The average molecular weight is 421 g/mol. The van der Waals surface area contributed by atoms with Gasteiger partial charge >= 0.3 is 6.03 Å². The van der Waals surface area contributed by atoms with E-state index in [-0.39, 0.29) is 16.8 Å². The van der Waals surface area contributed by atoms with E-state index >= 15 is 0 Å². The Kier molecular flexibility index (Phi) is 4.92. The van der Waals surface area contributed by atoms with Crippen molar-refractivity contribution in [2.75, 3.05) is 16.8 Å². The first-order valence-corrected chi connectivity index (χ1v) is 10.1. The number of hydrogen-bond acceptors (Lipinski definition) is 4. The summed E-state index contributed by atoms with van der Waals surface area (Å²) >= 11 is 0. The lowest BCUT2D eigenvalue weighted by molar-refractivity contribution is -0.122. The quantitative estimate of drug-likeness (QED) is 0.583. The number of carbonyl (C=O) groups excluding carboxylic acids is 3. The Morgan fingerprint density at radius 2 is 1.87 bits per heavy atom. The SMILES string of the molecule is C[C@@H]1CC(C)(C)N(C)c2ccc(/C=C3\C(=O)NC(=O)N(c4cccc(F)c4)C3=O)cc21. The zero-order chi connectivity index (χ0) is 22.5. The summed E-state index contributed by atoms with van der Waals surface area (Å²) in [6.45, 7) is 6.56. The van der Waals surface area contributed by atoms with Gasteiger partial charge in [-0.25, -0.2) is 14.1 Å². The first-order chi connectivity index (χ1) is 14.6. The third-order valence-corrected chi connectivity index (χ3v) is 6.14. The van der Waals surface area contributed by atoms with Crippen LogP contribution in [0.25, 0.3) is 6.08 Å². The van der Waals surface area contributed by atoms with Crippen molar-refractivity contribution in [3.63, 3.8) is 0 Å². The third-order valence-electron chi connectivity index (χ3n) is 6.14. The van der Waals surface area contributed by atoms with Gasteiger partial charge in [-0.05, 0) is 73.7 Å². The molecule has 0 radical (unpaired) electrons. The number of amides is 4. The first kappa shape index (κ1) is 20.8. The van der Waals surface area contributed by atoms with Crippen LogP contribution < -0.4 is 15.1 Å². The molecule has 0 unspecified atom stereocenters. The van der Waals surface area contributed by atoms with Crippen LogP contribution in [0.5, 0.6) is 0 Å². The Morgan fingerprint density at radius 1 is 1.13 bits per heavy atom. The molecule has 2 aromatic rings. The number of nitrogens with zero attached hydrogens (tertiary/aromatic N) is 2. The molecule has 2 aromatic carbocycles. The standard InChI is InChI=1S/C24H24FN3O3/c1-14-13-24(2,3)27(4)20-9-8-15(10-18(14)20)11-19-21(29)26-23(31)28(22(19)30)17-7-5-6-16(25)12-17/h5-12,14H,13H2,1-4H3,(H,26,29,31)/b19-11+/t14-/m1/s1. The molecule has 1 N–H and O–H groups in total. The van der Waals surface area contributed by atoms with Crippen molar-refractivity contribution in [1.82, 2.24) is 5.32 Å². The molecule has 0 bridgehead atoms. The largest absolute Gasteiger partial charge is 0.369 e. The van der Waals surface area contributed by atoms with Crippen LogP contribution in [0.4, 0.5) is 20.6 Å². The molecule has 0 aromatic heterocycles. The van der Waals surface area contributed by atoms with Crippen molar-refractivity contribution >= 4 is 35.3 Å². The molecule has 31 heavy (non-hydrogen) atoms. The summed E-state index contributed by atoms with van der Waals surface area (Å²) in [5.41, 5.74) is 2.84. The number of benzene rings is 2. The van der Waals surface area contributed by atoms with E-state index in [2.05, 4.69) is 38.0 Å². The highest BCUT2D eigenvalue weighted by atomic mass is 19.1. The van der Waals surface area contributed by atoms with Crippen LogP contribution in [0.1, 0.15) is 44.2 Å². The molecule has 4 amide bonds. The molecule has 2 heterocycles. The van der Waals surface area contributed by atoms with Gasteiger partial charge in [0, 0.05) is 18.3 Å². The highest BCUT2D eigenvalue weighted by Gasteiger charge is 2.37. The fourth-order valence-electron chi connectivity index (χ4n) is 4.36. The molecule has 160 valence electrons. The Morgan fingerprint density at radius 3 is 2.58 bits per heavy atom. The number of urea groups is 1. The van der Waals surface area contributed by atoms with Crippen LogP contribution in [0.15, 0.2) is 48.0 Å². The topological polar surface area (TPSA) is 69.7 Å². The number of nitrogens with one attached hydrogen (secondary N) is 1. The van der Waals surface area contributed by atoms with E-state index in [1.54, 1.807) is 0 Å². The molecule has 2 aliphatic rings. The van der Waals surface area contributed by atoms with E-state index in [9.17, 15) is 18.8 Å². The van der Waals surface area contributed by atoms with Gasteiger partial charge < -0.3 is 4.90 Å². The summed E-state index contributed by atoms with van der Waals surface area (Å²) in [5, 5.41) is 2.17. The normalized spacial score (nSPS) is 21.9. The van der Waals surface area contributed by atoms with Gasteiger partial charge in [0.05, 0.1) is 5.69 Å². The maximum atomic E-state index is 13.6. The second-order valence-corrected chi connectivity index (χ2v) is 8.73. The molecule has 1 saturated heterocycles. The lowest BCUT2D eigenvalue weighted by Gasteiger charge is -2.45. The van der Waals surface area contributed by atoms with Gasteiger partial charge in [0.15, 0.2) is 0 Å². The van der Waals surface area contributed by atoms with Crippen LogP contribution in [-0.4, -0.2) is 30.4 Å². The Balaban J connectivity index is 1.73. The minimum atomic E-state index is -0.902. The summed E-state index contributed by atoms with van der Waals surface area (Å²) in [7, 11) is 2.06.